The fourth-order valence-electron chi connectivity index (χ4n) is 1.47. The molecule has 0 amide bonds. The number of hydrogen-bond donors (Lipinski definition) is 2. The van der Waals surface area contributed by atoms with Crippen molar-refractivity contribution in [2.75, 3.05) is 0 Å². The van der Waals surface area contributed by atoms with E-state index in [9.17, 15) is 5.11 Å². The Morgan fingerprint density at radius 2 is 1.95 bits per heavy atom. The largest absolute Gasteiger partial charge is 0.392 e. The van der Waals surface area contributed by atoms with Crippen molar-refractivity contribution < 1.29 is 5.11 Å². The zero-order valence-electron chi connectivity index (χ0n) is 12.3. The Morgan fingerprint density at radius 1 is 1.32 bits per heavy atom. The molecule has 0 spiro atoms. The summed E-state index contributed by atoms with van der Waals surface area (Å²) in [7, 11) is 0. The summed E-state index contributed by atoms with van der Waals surface area (Å²) in [6.45, 7) is 11.0. The van der Waals surface area contributed by atoms with Gasteiger partial charge in [0.15, 0.2) is 0 Å². The van der Waals surface area contributed by atoms with Gasteiger partial charge >= 0.3 is 0 Å². The van der Waals surface area contributed by atoms with Crippen molar-refractivity contribution in [1.82, 2.24) is 5.32 Å². The molecule has 0 aliphatic rings. The summed E-state index contributed by atoms with van der Waals surface area (Å²) in [6, 6.07) is 5.94. The van der Waals surface area contributed by atoms with Gasteiger partial charge in [-0.3, -0.25) is 0 Å². The van der Waals surface area contributed by atoms with Crippen LogP contribution in [0.15, 0.2) is 23.1 Å². The van der Waals surface area contributed by atoms with Gasteiger partial charge in [-0.25, -0.2) is 0 Å². The molecule has 0 aliphatic heterocycles. The van der Waals surface area contributed by atoms with E-state index in [1.54, 1.807) is 11.8 Å². The fourth-order valence-corrected chi connectivity index (χ4v) is 2.85. The van der Waals surface area contributed by atoms with Crippen molar-refractivity contribution in [1.29, 1.82) is 0 Å². The van der Waals surface area contributed by atoms with Crippen LogP contribution < -0.4 is 5.32 Å². The maximum atomic E-state index is 9.63. The first-order valence-electron chi connectivity index (χ1n) is 6.58. The Morgan fingerprint density at radius 3 is 2.47 bits per heavy atom. The molecule has 4 heteroatoms. The number of rotatable bonds is 5. The molecular formula is C15H24ClNOS. The molecule has 19 heavy (non-hydrogen) atoms. The van der Waals surface area contributed by atoms with Gasteiger partial charge in [0.1, 0.15) is 0 Å². The minimum absolute atomic E-state index is 0.0526. The minimum Gasteiger partial charge on any atom is -0.392 e. The van der Waals surface area contributed by atoms with Crippen molar-refractivity contribution in [3.63, 3.8) is 0 Å². The van der Waals surface area contributed by atoms with Gasteiger partial charge in [-0.2, -0.15) is 0 Å². The van der Waals surface area contributed by atoms with Crippen LogP contribution in [0, 0.1) is 0 Å². The van der Waals surface area contributed by atoms with E-state index < -0.39 is 0 Å². The van der Waals surface area contributed by atoms with Crippen LogP contribution in [-0.4, -0.2) is 22.0 Å². The van der Waals surface area contributed by atoms with E-state index in [2.05, 4.69) is 32.2 Å². The lowest BCUT2D eigenvalue weighted by molar-refractivity contribution is 0.196. The van der Waals surface area contributed by atoms with Gasteiger partial charge in [0, 0.05) is 27.3 Å². The zero-order chi connectivity index (χ0) is 14.6. The predicted octanol–water partition coefficient (Wildman–Crippen LogP) is 4.09. The second-order valence-electron chi connectivity index (χ2n) is 5.88. The smallest absolute Gasteiger partial charge is 0.0631 e. The highest BCUT2D eigenvalue weighted by Gasteiger charge is 2.16. The van der Waals surface area contributed by atoms with Crippen LogP contribution in [0.3, 0.4) is 0 Å². The van der Waals surface area contributed by atoms with Crippen LogP contribution in [0.4, 0.5) is 0 Å². The van der Waals surface area contributed by atoms with Gasteiger partial charge in [0.05, 0.1) is 6.10 Å². The summed E-state index contributed by atoms with van der Waals surface area (Å²) in [4.78, 5) is 1.14. The number of halogens is 1. The Kier molecular flexibility index (Phi) is 6.18. The number of nitrogens with one attached hydrogen (secondary N) is 1. The zero-order valence-corrected chi connectivity index (χ0v) is 13.9. The van der Waals surface area contributed by atoms with Crippen LogP contribution >= 0.6 is 23.4 Å². The molecule has 2 unspecified atom stereocenters. The fraction of sp³-hybridized carbons (Fsp3) is 0.600. The molecule has 0 saturated carbocycles. The molecule has 1 aromatic rings. The first-order valence-corrected chi connectivity index (χ1v) is 7.83. The van der Waals surface area contributed by atoms with Crippen molar-refractivity contribution in [3.8, 4) is 0 Å². The highest BCUT2D eigenvalue weighted by Crippen LogP contribution is 2.32. The molecule has 2 atom stereocenters. The summed E-state index contributed by atoms with van der Waals surface area (Å²) in [5.74, 6) is 0. The molecule has 0 saturated heterocycles. The maximum absolute atomic E-state index is 9.63. The third-order valence-corrected chi connectivity index (χ3v) is 4.62. The van der Waals surface area contributed by atoms with E-state index in [1.807, 2.05) is 26.0 Å². The lowest BCUT2D eigenvalue weighted by Crippen LogP contribution is -2.35. The predicted molar refractivity (Wildman–Crippen MR) is 85.0 cm³/mol. The Balaban J connectivity index is 2.89. The number of aliphatic hydroxyl groups is 1. The molecule has 0 fully saturated rings. The first-order chi connectivity index (χ1) is 8.70. The summed E-state index contributed by atoms with van der Waals surface area (Å²) in [6.07, 6.45) is -0.340. The van der Waals surface area contributed by atoms with Crippen LogP contribution in [0.1, 0.15) is 40.2 Å². The lowest BCUT2D eigenvalue weighted by atomic mass is 10.1. The molecule has 0 aliphatic carbocycles. The second-order valence-corrected chi connectivity index (χ2v) is 7.71. The van der Waals surface area contributed by atoms with E-state index in [0.29, 0.717) is 0 Å². The summed E-state index contributed by atoms with van der Waals surface area (Å²) >= 11 is 7.97. The average molecular weight is 302 g/mol. The van der Waals surface area contributed by atoms with Crippen LogP contribution in [0.2, 0.25) is 5.02 Å². The standard InChI is InChI=1S/C15H24ClNOS/c1-10(18)11(2)19-14-8-6-7-13(16)12(14)9-17-15(3,4)5/h6-8,10-11,17-18H,9H2,1-5H3. The number of aliphatic hydroxyl groups excluding tert-OH is 1. The third kappa shape index (κ3) is 5.74. The topological polar surface area (TPSA) is 32.3 Å². The van der Waals surface area contributed by atoms with Crippen molar-refractivity contribution >= 4 is 23.4 Å². The molecule has 0 aromatic heterocycles. The molecular weight excluding hydrogens is 278 g/mol. The highest BCUT2D eigenvalue weighted by atomic mass is 35.5. The Bertz CT molecular complexity index is 415. The number of thioether (sulfide) groups is 1. The first kappa shape index (κ1) is 16.8. The lowest BCUT2D eigenvalue weighted by Gasteiger charge is -2.23. The third-order valence-electron chi connectivity index (χ3n) is 2.86. The van der Waals surface area contributed by atoms with Crippen LogP contribution in [0.25, 0.3) is 0 Å². The van der Waals surface area contributed by atoms with E-state index in [0.717, 1.165) is 22.0 Å². The average Bonchev–Trinajstić information content (AvgIpc) is 2.26. The Labute approximate surface area is 125 Å². The van der Waals surface area contributed by atoms with Crippen LogP contribution in [-0.2, 0) is 6.54 Å². The van der Waals surface area contributed by atoms with Gasteiger partial charge in [-0.05, 0) is 45.4 Å². The molecule has 1 aromatic carbocycles. The van der Waals surface area contributed by atoms with E-state index in [4.69, 9.17) is 11.6 Å². The molecule has 0 radical (unpaired) electrons. The molecule has 108 valence electrons. The molecule has 2 N–H and O–H groups in total. The molecule has 2 nitrogen and oxygen atoms in total. The second kappa shape index (κ2) is 6.98. The molecule has 0 heterocycles. The van der Waals surface area contributed by atoms with Crippen LogP contribution in [0.5, 0.6) is 0 Å². The van der Waals surface area contributed by atoms with Crippen molar-refractivity contribution in [2.45, 2.75) is 63.0 Å². The van der Waals surface area contributed by atoms with Gasteiger partial charge < -0.3 is 10.4 Å². The van der Waals surface area contributed by atoms with Gasteiger partial charge in [-0.15, -0.1) is 11.8 Å². The normalized spacial score (nSPS) is 15.3. The van der Waals surface area contributed by atoms with Gasteiger partial charge in [0.2, 0.25) is 0 Å². The van der Waals surface area contributed by atoms with Gasteiger partial charge in [-0.1, -0.05) is 24.6 Å². The molecule has 0 bridgehead atoms. The van der Waals surface area contributed by atoms with Gasteiger partial charge in [0.25, 0.3) is 0 Å². The quantitative estimate of drug-likeness (QED) is 0.804. The number of benzene rings is 1. The highest BCUT2D eigenvalue weighted by molar-refractivity contribution is 8.00. The SMILES string of the molecule is CC(O)C(C)Sc1cccc(Cl)c1CNC(C)(C)C. The van der Waals surface area contributed by atoms with E-state index in [-0.39, 0.29) is 16.9 Å². The Hall–Kier alpha value is -0.220. The monoisotopic (exact) mass is 301 g/mol. The van der Waals surface area contributed by atoms with Crippen molar-refractivity contribution in [2.24, 2.45) is 0 Å². The minimum atomic E-state index is -0.340. The summed E-state index contributed by atoms with van der Waals surface area (Å²) < 4.78 is 0. The number of hydrogen-bond acceptors (Lipinski definition) is 3. The van der Waals surface area contributed by atoms with E-state index in [1.165, 1.54) is 0 Å². The summed E-state index contributed by atoms with van der Waals surface area (Å²) in [5.41, 5.74) is 1.16. The van der Waals surface area contributed by atoms with E-state index >= 15 is 0 Å². The summed E-state index contributed by atoms with van der Waals surface area (Å²) in [5, 5.41) is 14.0. The molecule has 1 rings (SSSR count). The van der Waals surface area contributed by atoms with Crippen molar-refractivity contribution in [3.05, 3.63) is 28.8 Å². The maximum Gasteiger partial charge on any atom is 0.0631 e.